The largest absolute Gasteiger partial charge is 0.496 e. The topological polar surface area (TPSA) is 71.1 Å². The van der Waals surface area contributed by atoms with Gasteiger partial charge in [-0.25, -0.2) is 0 Å². The maximum absolute atomic E-state index is 13.2. The van der Waals surface area contributed by atoms with Crippen molar-refractivity contribution >= 4 is 11.8 Å². The van der Waals surface area contributed by atoms with E-state index in [4.69, 9.17) is 18.9 Å². The molecule has 130 valence electrons. The standard InChI is InChI=1S/C19H18O6/c1-12(20)24-18-17(21)16-14(22-2)10-7-11-15(16)25-19(18,23-3)13-8-5-4-6-9-13/h4-11,18H,1-3H3/t18-,19-/m1/s1. The van der Waals surface area contributed by atoms with Crippen LogP contribution in [0.3, 0.4) is 0 Å². The van der Waals surface area contributed by atoms with E-state index in [9.17, 15) is 9.59 Å². The van der Waals surface area contributed by atoms with Crippen LogP contribution >= 0.6 is 0 Å². The quantitative estimate of drug-likeness (QED) is 0.796. The van der Waals surface area contributed by atoms with Gasteiger partial charge >= 0.3 is 5.97 Å². The molecule has 3 rings (SSSR count). The van der Waals surface area contributed by atoms with Gasteiger partial charge in [0.1, 0.15) is 17.1 Å². The molecule has 0 N–H and O–H groups in total. The Kier molecular flexibility index (Phi) is 4.46. The van der Waals surface area contributed by atoms with Crippen LogP contribution in [0.25, 0.3) is 0 Å². The molecule has 6 heteroatoms. The average molecular weight is 342 g/mol. The van der Waals surface area contributed by atoms with Gasteiger partial charge in [-0.2, -0.15) is 0 Å². The van der Waals surface area contributed by atoms with Crippen molar-refractivity contribution in [3.8, 4) is 11.5 Å². The number of carbonyl (C=O) groups is 2. The number of Topliss-reactive ketones (excluding diaryl/α,β-unsaturated/α-hetero) is 1. The number of benzene rings is 2. The molecule has 2 aromatic carbocycles. The summed E-state index contributed by atoms with van der Waals surface area (Å²) >= 11 is 0. The minimum atomic E-state index is -1.58. The maximum Gasteiger partial charge on any atom is 0.303 e. The zero-order chi connectivity index (χ0) is 18.0. The van der Waals surface area contributed by atoms with Gasteiger partial charge in [-0.05, 0) is 12.1 Å². The summed E-state index contributed by atoms with van der Waals surface area (Å²) in [5.41, 5.74) is 0.783. The Hall–Kier alpha value is -2.86. The number of ketones is 1. The van der Waals surface area contributed by atoms with E-state index in [2.05, 4.69) is 0 Å². The van der Waals surface area contributed by atoms with Crippen LogP contribution in [0.5, 0.6) is 11.5 Å². The van der Waals surface area contributed by atoms with E-state index in [0.29, 0.717) is 17.1 Å². The van der Waals surface area contributed by atoms with Gasteiger partial charge in [0.05, 0.1) is 7.11 Å². The number of methoxy groups -OCH3 is 2. The summed E-state index contributed by atoms with van der Waals surface area (Å²) in [6.45, 7) is 1.23. The zero-order valence-corrected chi connectivity index (χ0v) is 14.1. The third-order valence-electron chi connectivity index (χ3n) is 4.06. The Morgan fingerprint density at radius 1 is 1.08 bits per heavy atom. The highest BCUT2D eigenvalue weighted by Crippen LogP contribution is 2.44. The fraction of sp³-hybridized carbons (Fsp3) is 0.263. The first-order chi connectivity index (χ1) is 12.0. The lowest BCUT2D eigenvalue weighted by Gasteiger charge is -2.41. The number of carbonyl (C=O) groups excluding carboxylic acids is 2. The van der Waals surface area contributed by atoms with Crippen LogP contribution in [0.2, 0.25) is 0 Å². The van der Waals surface area contributed by atoms with Crippen LogP contribution in [-0.4, -0.2) is 32.1 Å². The van der Waals surface area contributed by atoms with Gasteiger partial charge < -0.3 is 18.9 Å². The summed E-state index contributed by atoms with van der Waals surface area (Å²) in [7, 11) is 2.86. The smallest absolute Gasteiger partial charge is 0.303 e. The number of fused-ring (bicyclic) bond motifs is 1. The summed E-state index contributed by atoms with van der Waals surface area (Å²) < 4.78 is 22.3. The van der Waals surface area contributed by atoms with Crippen LogP contribution < -0.4 is 9.47 Å². The van der Waals surface area contributed by atoms with Crippen LogP contribution in [0.4, 0.5) is 0 Å². The van der Waals surface area contributed by atoms with Crippen LogP contribution in [-0.2, 0) is 20.1 Å². The highest BCUT2D eigenvalue weighted by Gasteiger charge is 2.55. The van der Waals surface area contributed by atoms with E-state index in [0.717, 1.165) is 0 Å². The molecule has 2 aromatic rings. The molecule has 0 aliphatic carbocycles. The Balaban J connectivity index is 2.23. The van der Waals surface area contributed by atoms with Crippen molar-refractivity contribution in [2.75, 3.05) is 14.2 Å². The molecular weight excluding hydrogens is 324 g/mol. The van der Waals surface area contributed by atoms with Crippen LogP contribution in [0, 0.1) is 0 Å². The molecule has 2 atom stereocenters. The van der Waals surface area contributed by atoms with Crippen molar-refractivity contribution in [1.82, 2.24) is 0 Å². The molecule has 0 saturated carbocycles. The molecule has 6 nitrogen and oxygen atoms in total. The number of hydrogen-bond donors (Lipinski definition) is 0. The normalized spacial score (nSPS) is 21.9. The molecule has 1 aliphatic heterocycles. The highest BCUT2D eigenvalue weighted by molar-refractivity contribution is 6.06. The minimum Gasteiger partial charge on any atom is -0.496 e. The summed E-state index contributed by atoms with van der Waals surface area (Å²) in [5.74, 6) is -1.99. The Labute approximate surface area is 145 Å². The highest BCUT2D eigenvalue weighted by atomic mass is 16.7. The molecular formula is C19H18O6. The van der Waals surface area contributed by atoms with Crippen molar-refractivity contribution in [2.24, 2.45) is 0 Å². The second-order valence-corrected chi connectivity index (χ2v) is 5.53. The van der Waals surface area contributed by atoms with Gasteiger partial charge in [0.15, 0.2) is 0 Å². The molecule has 0 amide bonds. The van der Waals surface area contributed by atoms with Gasteiger partial charge in [0.25, 0.3) is 5.79 Å². The van der Waals surface area contributed by atoms with Crippen molar-refractivity contribution in [2.45, 2.75) is 18.8 Å². The van der Waals surface area contributed by atoms with E-state index in [1.807, 2.05) is 6.07 Å². The SMILES string of the molecule is COc1cccc2c1C(=O)[C@@H](OC(C)=O)[C@@](OC)(c1ccccc1)O2. The molecule has 1 aliphatic rings. The summed E-state index contributed by atoms with van der Waals surface area (Å²) in [4.78, 5) is 24.8. The number of ether oxygens (including phenoxy) is 4. The first-order valence-corrected chi connectivity index (χ1v) is 7.71. The zero-order valence-electron chi connectivity index (χ0n) is 14.1. The third-order valence-corrected chi connectivity index (χ3v) is 4.06. The fourth-order valence-corrected chi connectivity index (χ4v) is 2.97. The third kappa shape index (κ3) is 2.74. The maximum atomic E-state index is 13.2. The number of esters is 1. The van der Waals surface area contributed by atoms with Gasteiger partial charge in [-0.15, -0.1) is 0 Å². The van der Waals surface area contributed by atoms with E-state index in [-0.39, 0.29) is 5.56 Å². The molecule has 0 bridgehead atoms. The summed E-state index contributed by atoms with van der Waals surface area (Å²) in [5, 5.41) is 0. The fourth-order valence-electron chi connectivity index (χ4n) is 2.97. The first-order valence-electron chi connectivity index (χ1n) is 7.71. The average Bonchev–Trinajstić information content (AvgIpc) is 2.63. The van der Waals surface area contributed by atoms with Crippen molar-refractivity contribution < 1.29 is 28.5 Å². The summed E-state index contributed by atoms with van der Waals surface area (Å²) in [6, 6.07) is 13.9. The molecule has 1 heterocycles. The molecule has 0 radical (unpaired) electrons. The lowest BCUT2D eigenvalue weighted by Crippen LogP contribution is -2.55. The van der Waals surface area contributed by atoms with Gasteiger partial charge in [-0.3, -0.25) is 9.59 Å². The summed E-state index contributed by atoms with van der Waals surface area (Å²) in [6.07, 6.45) is -1.30. The Bertz CT molecular complexity index is 801. The van der Waals surface area contributed by atoms with E-state index < -0.39 is 23.6 Å². The second kappa shape index (κ2) is 6.57. The van der Waals surface area contributed by atoms with Gasteiger partial charge in [0, 0.05) is 19.6 Å². The predicted octanol–water partition coefficient (Wildman–Crippen LogP) is 2.70. The van der Waals surface area contributed by atoms with Crippen molar-refractivity contribution in [1.29, 1.82) is 0 Å². The Morgan fingerprint density at radius 3 is 2.40 bits per heavy atom. The molecule has 0 unspecified atom stereocenters. The van der Waals surface area contributed by atoms with Crippen LogP contribution in [0.15, 0.2) is 48.5 Å². The van der Waals surface area contributed by atoms with Crippen LogP contribution in [0.1, 0.15) is 22.8 Å². The molecule has 0 saturated heterocycles. The number of rotatable bonds is 4. The van der Waals surface area contributed by atoms with Crippen molar-refractivity contribution in [3.05, 3.63) is 59.7 Å². The Morgan fingerprint density at radius 2 is 1.80 bits per heavy atom. The first kappa shape index (κ1) is 17.0. The number of hydrogen-bond acceptors (Lipinski definition) is 6. The minimum absolute atomic E-state index is 0.222. The van der Waals surface area contributed by atoms with Gasteiger partial charge in [0.2, 0.25) is 11.9 Å². The van der Waals surface area contributed by atoms with E-state index >= 15 is 0 Å². The monoisotopic (exact) mass is 342 g/mol. The molecule has 0 spiro atoms. The van der Waals surface area contributed by atoms with E-state index in [1.165, 1.54) is 21.1 Å². The predicted molar refractivity (Wildman–Crippen MR) is 88.6 cm³/mol. The lowest BCUT2D eigenvalue weighted by atomic mass is 9.89. The molecule has 25 heavy (non-hydrogen) atoms. The van der Waals surface area contributed by atoms with Crippen molar-refractivity contribution in [3.63, 3.8) is 0 Å². The second-order valence-electron chi connectivity index (χ2n) is 5.53. The molecule has 0 fully saturated rings. The van der Waals surface area contributed by atoms with Gasteiger partial charge in [-0.1, -0.05) is 36.4 Å². The molecule has 0 aromatic heterocycles. The lowest BCUT2D eigenvalue weighted by molar-refractivity contribution is -0.233. The van der Waals surface area contributed by atoms with E-state index in [1.54, 1.807) is 42.5 Å².